The maximum absolute atomic E-state index is 12.6. The highest BCUT2D eigenvalue weighted by molar-refractivity contribution is 5.71. The molecule has 68 heavy (non-hydrogen) atoms. The maximum Gasteiger partial charge on any atom is 0.306 e. The second kappa shape index (κ2) is 44.8. The summed E-state index contributed by atoms with van der Waals surface area (Å²) in [5.74, 6) is 0.372. The number of unbranched alkanes of at least 4 members (excludes halogenated alkanes) is 18. The van der Waals surface area contributed by atoms with Gasteiger partial charge in [0, 0.05) is 51.5 Å². The Morgan fingerprint density at radius 2 is 0.750 bits per heavy atom. The maximum atomic E-state index is 12.6. The predicted molar refractivity (Wildman–Crippen MR) is 270 cm³/mol. The molecule has 0 aromatic heterocycles. The normalized spacial score (nSPS) is 12.2. The Morgan fingerprint density at radius 3 is 1.10 bits per heavy atom. The number of ether oxygens (including phenoxy) is 8. The zero-order valence-corrected chi connectivity index (χ0v) is 43.9. The molecule has 1 aromatic carbocycles. The van der Waals surface area contributed by atoms with E-state index in [9.17, 15) is 19.2 Å². The van der Waals surface area contributed by atoms with Gasteiger partial charge < -0.3 is 42.8 Å². The van der Waals surface area contributed by atoms with Gasteiger partial charge in [0.05, 0.1) is 26.4 Å². The average Bonchev–Trinajstić information content (AvgIpc) is 3.31. The van der Waals surface area contributed by atoms with Crippen molar-refractivity contribution in [3.8, 4) is 11.5 Å². The van der Waals surface area contributed by atoms with E-state index in [1.54, 1.807) is 0 Å². The van der Waals surface area contributed by atoms with E-state index in [0.29, 0.717) is 52.1 Å². The van der Waals surface area contributed by atoms with Crippen LogP contribution in [-0.2, 0) is 54.1 Å². The highest BCUT2D eigenvalue weighted by Gasteiger charge is 2.19. The van der Waals surface area contributed by atoms with Crippen LogP contribution < -0.4 is 9.47 Å². The van der Waals surface area contributed by atoms with Crippen molar-refractivity contribution in [1.82, 2.24) is 4.90 Å². The monoisotopic (exact) mass is 964 g/mol. The van der Waals surface area contributed by atoms with Crippen LogP contribution in [0.1, 0.15) is 213 Å². The summed E-state index contributed by atoms with van der Waals surface area (Å²) in [6.07, 6.45) is 24.0. The topological polar surface area (TPSA) is 145 Å². The minimum absolute atomic E-state index is 0.00228. The lowest BCUT2D eigenvalue weighted by atomic mass is 10.1. The van der Waals surface area contributed by atoms with Crippen molar-refractivity contribution in [3.05, 3.63) is 23.8 Å². The Kier molecular flexibility index (Phi) is 41.2. The van der Waals surface area contributed by atoms with Gasteiger partial charge in [0.15, 0.2) is 12.2 Å². The Balaban J connectivity index is 2.58. The zero-order chi connectivity index (χ0) is 49.7. The molecule has 13 nitrogen and oxygen atoms in total. The first-order chi connectivity index (χ1) is 33.1. The molecule has 394 valence electrons. The van der Waals surface area contributed by atoms with Gasteiger partial charge in [-0.15, -0.1) is 0 Å². The van der Waals surface area contributed by atoms with Crippen molar-refractivity contribution in [2.24, 2.45) is 0 Å². The van der Waals surface area contributed by atoms with E-state index in [0.717, 1.165) is 165 Å². The third kappa shape index (κ3) is 38.4. The Morgan fingerprint density at radius 1 is 0.412 bits per heavy atom. The molecule has 0 saturated heterocycles. The standard InChI is InChI=1S/C55H97NO12/c1-7-11-15-19-23-31-52(57)65-45-50(67-54(59)33-25-21-17-13-9-3)43-61-35-27-29-37-63-48-39-47(42-56(5)6)40-49(41-48)64-38-30-28-36-62-44-51(68-55(60)34-26-22-18-14-10-4)46-66-53(58)32-24-20-16-12-8-2/h39-41,50-51H,7-38,42-46H2,1-6H3. The smallest absolute Gasteiger partial charge is 0.306 e. The Labute approximate surface area is 413 Å². The molecule has 13 heteroatoms. The quantitative estimate of drug-likeness (QED) is 0.0347. The summed E-state index contributed by atoms with van der Waals surface area (Å²) in [7, 11) is 4.04. The van der Waals surface area contributed by atoms with Crippen LogP contribution >= 0.6 is 0 Å². The third-order valence-electron chi connectivity index (χ3n) is 11.3. The van der Waals surface area contributed by atoms with Crippen LogP contribution in [0.2, 0.25) is 0 Å². The molecule has 0 aliphatic carbocycles. The number of rotatable bonds is 48. The van der Waals surface area contributed by atoms with Crippen molar-refractivity contribution in [2.45, 2.75) is 226 Å². The van der Waals surface area contributed by atoms with Crippen LogP contribution in [-0.4, -0.2) is 108 Å². The first kappa shape index (κ1) is 62.6. The lowest BCUT2D eigenvalue weighted by Gasteiger charge is -2.18. The highest BCUT2D eigenvalue weighted by Crippen LogP contribution is 2.25. The van der Waals surface area contributed by atoms with Crippen LogP contribution in [0.5, 0.6) is 11.5 Å². The van der Waals surface area contributed by atoms with Crippen molar-refractivity contribution in [3.63, 3.8) is 0 Å². The predicted octanol–water partition coefficient (Wildman–Crippen LogP) is 12.5. The van der Waals surface area contributed by atoms with Gasteiger partial charge in [-0.2, -0.15) is 0 Å². The zero-order valence-electron chi connectivity index (χ0n) is 43.9. The molecule has 0 radical (unpaired) electrons. The minimum atomic E-state index is -0.639. The van der Waals surface area contributed by atoms with Crippen LogP contribution in [0.3, 0.4) is 0 Å². The van der Waals surface area contributed by atoms with Crippen LogP contribution in [0, 0.1) is 0 Å². The SMILES string of the molecule is CCCCCCCC(=O)OCC(COCCCCOc1cc(CN(C)C)cc(OCCCCOCC(COC(=O)CCCCCCC)OC(=O)CCCCCCC)c1)OC(=O)CCCCCCC. The molecular weight excluding hydrogens is 867 g/mol. The number of nitrogens with zero attached hydrogens (tertiary/aromatic N) is 1. The molecule has 0 aliphatic heterocycles. The van der Waals surface area contributed by atoms with Gasteiger partial charge in [0.2, 0.25) is 0 Å². The Bertz CT molecular complexity index is 1300. The second-order valence-electron chi connectivity index (χ2n) is 18.6. The lowest BCUT2D eigenvalue weighted by Crippen LogP contribution is -2.30. The fraction of sp³-hybridized carbons (Fsp3) is 0.818. The van der Waals surface area contributed by atoms with Gasteiger partial charge in [-0.25, -0.2) is 0 Å². The second-order valence-corrected chi connectivity index (χ2v) is 18.6. The molecule has 0 fully saturated rings. The van der Waals surface area contributed by atoms with E-state index in [1.807, 2.05) is 32.3 Å². The Hall–Kier alpha value is -3.42. The third-order valence-corrected chi connectivity index (χ3v) is 11.3. The van der Waals surface area contributed by atoms with Gasteiger partial charge in [-0.05, 0) is 83.2 Å². The summed E-state index contributed by atoms with van der Waals surface area (Å²) in [5, 5.41) is 0. The molecule has 2 unspecified atom stereocenters. The molecule has 2 atom stereocenters. The van der Waals surface area contributed by atoms with Crippen molar-refractivity contribution < 1.29 is 57.1 Å². The highest BCUT2D eigenvalue weighted by atomic mass is 16.6. The van der Waals surface area contributed by atoms with Gasteiger partial charge in [0.25, 0.3) is 0 Å². The molecule has 0 N–H and O–H groups in total. The van der Waals surface area contributed by atoms with Crippen LogP contribution in [0.4, 0.5) is 0 Å². The molecule has 0 amide bonds. The first-order valence-electron chi connectivity index (χ1n) is 27.0. The summed E-state index contributed by atoms with van der Waals surface area (Å²) >= 11 is 0. The molecule has 0 spiro atoms. The average molecular weight is 964 g/mol. The van der Waals surface area contributed by atoms with Crippen LogP contribution in [0.25, 0.3) is 0 Å². The lowest BCUT2D eigenvalue weighted by molar-refractivity contribution is -0.163. The molecule has 1 rings (SSSR count). The van der Waals surface area contributed by atoms with Gasteiger partial charge in [-0.1, -0.05) is 130 Å². The number of hydrogen-bond acceptors (Lipinski definition) is 13. The molecule has 0 bridgehead atoms. The summed E-state index contributed by atoms with van der Waals surface area (Å²) in [6.45, 7) is 11.6. The molecule has 0 saturated carbocycles. The summed E-state index contributed by atoms with van der Waals surface area (Å²) in [6, 6.07) is 5.98. The fourth-order valence-electron chi connectivity index (χ4n) is 7.41. The van der Waals surface area contributed by atoms with Gasteiger partial charge >= 0.3 is 23.9 Å². The van der Waals surface area contributed by atoms with Gasteiger partial charge in [-0.3, -0.25) is 19.2 Å². The minimum Gasteiger partial charge on any atom is -0.493 e. The first-order valence-corrected chi connectivity index (χ1v) is 27.0. The van der Waals surface area contributed by atoms with E-state index in [1.165, 1.54) is 12.8 Å². The molecule has 0 aliphatic rings. The van der Waals surface area contributed by atoms with Gasteiger partial charge in [0.1, 0.15) is 24.7 Å². The fourth-order valence-corrected chi connectivity index (χ4v) is 7.41. The largest absolute Gasteiger partial charge is 0.493 e. The van der Waals surface area contributed by atoms with E-state index < -0.39 is 12.2 Å². The number of esters is 4. The molecule has 1 aromatic rings. The summed E-state index contributed by atoms with van der Waals surface area (Å²) < 4.78 is 46.6. The van der Waals surface area contributed by atoms with E-state index in [4.69, 9.17) is 37.9 Å². The van der Waals surface area contributed by atoms with Crippen molar-refractivity contribution in [2.75, 3.05) is 67.0 Å². The number of carbonyl (C=O) groups is 4. The number of carbonyl (C=O) groups excluding carboxylic acids is 4. The molecule has 0 heterocycles. The van der Waals surface area contributed by atoms with Crippen LogP contribution in [0.15, 0.2) is 18.2 Å². The van der Waals surface area contributed by atoms with E-state index in [-0.39, 0.29) is 50.3 Å². The van der Waals surface area contributed by atoms with Crippen molar-refractivity contribution >= 4 is 23.9 Å². The number of benzene rings is 1. The molecular formula is C55H97NO12. The summed E-state index contributed by atoms with van der Waals surface area (Å²) in [5.41, 5.74) is 1.08. The van der Waals surface area contributed by atoms with E-state index >= 15 is 0 Å². The van der Waals surface area contributed by atoms with Crippen molar-refractivity contribution in [1.29, 1.82) is 0 Å². The van der Waals surface area contributed by atoms with E-state index in [2.05, 4.69) is 32.6 Å². The number of hydrogen-bond donors (Lipinski definition) is 0. The summed E-state index contributed by atoms with van der Waals surface area (Å²) in [4.78, 5) is 52.1.